The van der Waals surface area contributed by atoms with Crippen molar-refractivity contribution >= 4 is 0 Å². The molecule has 1 aromatic rings. The molecule has 1 rings (SSSR count). The second-order valence-electron chi connectivity index (χ2n) is 9.06. The van der Waals surface area contributed by atoms with E-state index in [1.54, 1.807) is 0 Å². The minimum absolute atomic E-state index is 0.875. The van der Waals surface area contributed by atoms with E-state index in [1.165, 1.54) is 89.9 Å². The number of rotatable bonds is 24. The lowest BCUT2D eigenvalue weighted by Gasteiger charge is -2.04. The highest BCUT2D eigenvalue weighted by molar-refractivity contribution is 4.66. The number of aryl methyl sites for hydroxylation is 2. The summed E-state index contributed by atoms with van der Waals surface area (Å²) in [4.78, 5) is 0. The third-order valence-electron chi connectivity index (χ3n) is 5.94. The van der Waals surface area contributed by atoms with Crippen molar-refractivity contribution in [1.29, 1.82) is 0 Å². The van der Waals surface area contributed by atoms with Crippen LogP contribution >= 0.6 is 0 Å². The number of nitrogens with zero attached hydrogens (tertiary/aromatic N) is 2. The standard InChI is InChI=1S/C27H53N2O2/c1-3-5-7-9-11-13-15-23-30-25-17-19-28-21-22-29(27-28)20-18-26-31-24-16-14-12-10-8-6-4-2/h21-22,27H,3-20,23-26H2,1-2H3/q+1. The quantitative estimate of drug-likeness (QED) is 0.127. The summed E-state index contributed by atoms with van der Waals surface area (Å²) in [5.41, 5.74) is 0. The Hall–Kier alpha value is -0.870. The van der Waals surface area contributed by atoms with Crippen molar-refractivity contribution in [3.63, 3.8) is 0 Å². The number of aromatic nitrogens is 2. The van der Waals surface area contributed by atoms with Gasteiger partial charge in [-0.15, -0.1) is 0 Å². The molecule has 0 fully saturated rings. The van der Waals surface area contributed by atoms with Gasteiger partial charge in [0.2, 0.25) is 6.33 Å². The first kappa shape index (κ1) is 28.2. The lowest BCUT2D eigenvalue weighted by atomic mass is 10.1. The highest BCUT2D eigenvalue weighted by atomic mass is 16.5. The molecule has 1 aromatic heterocycles. The normalized spacial score (nSPS) is 11.4. The van der Waals surface area contributed by atoms with Crippen molar-refractivity contribution in [1.82, 2.24) is 4.57 Å². The van der Waals surface area contributed by atoms with E-state index in [4.69, 9.17) is 9.47 Å². The van der Waals surface area contributed by atoms with E-state index in [0.717, 1.165) is 52.4 Å². The third-order valence-corrected chi connectivity index (χ3v) is 5.94. The molecule has 0 atom stereocenters. The van der Waals surface area contributed by atoms with E-state index in [0.29, 0.717) is 0 Å². The molecule has 182 valence electrons. The molecule has 0 bridgehead atoms. The number of imidazole rings is 1. The maximum absolute atomic E-state index is 5.80. The van der Waals surface area contributed by atoms with Crippen LogP contribution in [0, 0.1) is 0 Å². The van der Waals surface area contributed by atoms with E-state index in [2.05, 4.69) is 41.7 Å². The predicted octanol–water partition coefficient (Wildman–Crippen LogP) is 7.09. The van der Waals surface area contributed by atoms with Crippen LogP contribution in [-0.4, -0.2) is 31.0 Å². The van der Waals surface area contributed by atoms with Gasteiger partial charge in [0.15, 0.2) is 0 Å². The van der Waals surface area contributed by atoms with E-state index >= 15 is 0 Å². The van der Waals surface area contributed by atoms with Gasteiger partial charge in [-0.2, -0.15) is 0 Å². The first-order valence-electron chi connectivity index (χ1n) is 13.6. The molecule has 0 aromatic carbocycles. The van der Waals surface area contributed by atoms with Crippen molar-refractivity contribution < 1.29 is 14.0 Å². The lowest BCUT2D eigenvalue weighted by Crippen LogP contribution is -2.31. The lowest BCUT2D eigenvalue weighted by molar-refractivity contribution is -0.697. The SMILES string of the molecule is CCCCCCCCCOCCCn1cc[n+](CCCOCCCCCCCCC)c1. The minimum atomic E-state index is 0.875. The summed E-state index contributed by atoms with van der Waals surface area (Å²) in [5.74, 6) is 0. The van der Waals surface area contributed by atoms with Crippen LogP contribution in [0.4, 0.5) is 0 Å². The Morgan fingerprint density at radius 2 is 1.06 bits per heavy atom. The molecule has 0 spiro atoms. The summed E-state index contributed by atoms with van der Waals surface area (Å²) < 4.78 is 16.1. The van der Waals surface area contributed by atoms with Crippen LogP contribution in [0.3, 0.4) is 0 Å². The van der Waals surface area contributed by atoms with Crippen LogP contribution in [0.1, 0.15) is 117 Å². The summed E-state index contributed by atoms with van der Waals surface area (Å²) in [6.07, 6.45) is 27.6. The first-order valence-corrected chi connectivity index (χ1v) is 13.6. The minimum Gasteiger partial charge on any atom is -0.381 e. The summed E-state index contributed by atoms with van der Waals surface area (Å²) >= 11 is 0. The van der Waals surface area contributed by atoms with Crippen LogP contribution in [0.25, 0.3) is 0 Å². The highest BCUT2D eigenvalue weighted by Crippen LogP contribution is 2.08. The predicted molar refractivity (Wildman–Crippen MR) is 131 cm³/mol. The average Bonchev–Trinajstić information content (AvgIpc) is 3.23. The van der Waals surface area contributed by atoms with Crippen LogP contribution < -0.4 is 4.57 Å². The van der Waals surface area contributed by atoms with Crippen molar-refractivity contribution in [3.8, 4) is 0 Å². The molecule has 31 heavy (non-hydrogen) atoms. The van der Waals surface area contributed by atoms with E-state index < -0.39 is 0 Å². The van der Waals surface area contributed by atoms with Crippen molar-refractivity contribution in [3.05, 3.63) is 18.7 Å². The molecule has 0 unspecified atom stereocenters. The number of hydrogen-bond donors (Lipinski definition) is 0. The Kier molecular flexibility index (Phi) is 20.3. The zero-order valence-electron chi connectivity index (χ0n) is 21.0. The zero-order chi connectivity index (χ0) is 22.2. The van der Waals surface area contributed by atoms with Gasteiger partial charge >= 0.3 is 0 Å². The summed E-state index contributed by atoms with van der Waals surface area (Å²) in [5, 5.41) is 0. The molecule has 0 aliphatic heterocycles. The Morgan fingerprint density at radius 1 is 0.581 bits per heavy atom. The molecule has 0 saturated carbocycles. The number of unbranched alkanes of at least 4 members (excludes halogenated alkanes) is 12. The van der Waals surface area contributed by atoms with Gasteiger partial charge in [-0.05, 0) is 12.8 Å². The Morgan fingerprint density at radius 3 is 1.65 bits per heavy atom. The number of ether oxygens (including phenoxy) is 2. The Bertz CT molecular complexity index is 435. The Labute approximate surface area is 193 Å². The largest absolute Gasteiger partial charge is 0.381 e. The molecule has 0 amide bonds. The second-order valence-corrected chi connectivity index (χ2v) is 9.06. The maximum atomic E-state index is 5.80. The van der Waals surface area contributed by atoms with Gasteiger partial charge in [-0.1, -0.05) is 90.9 Å². The van der Waals surface area contributed by atoms with Gasteiger partial charge < -0.3 is 9.47 Å². The van der Waals surface area contributed by atoms with Gasteiger partial charge in [0.05, 0.1) is 26.3 Å². The molecule has 0 aliphatic carbocycles. The van der Waals surface area contributed by atoms with Crippen LogP contribution in [-0.2, 0) is 22.6 Å². The van der Waals surface area contributed by atoms with Crippen LogP contribution in [0.15, 0.2) is 18.7 Å². The molecule has 1 heterocycles. The van der Waals surface area contributed by atoms with Gasteiger partial charge in [0.25, 0.3) is 0 Å². The van der Waals surface area contributed by atoms with E-state index in [9.17, 15) is 0 Å². The molecule has 0 aliphatic rings. The molecule has 4 heteroatoms. The fourth-order valence-electron chi connectivity index (χ4n) is 3.93. The fourth-order valence-corrected chi connectivity index (χ4v) is 3.93. The Balaban J connectivity index is 1.86. The van der Waals surface area contributed by atoms with Crippen molar-refractivity contribution in [2.45, 2.75) is 130 Å². The van der Waals surface area contributed by atoms with Crippen LogP contribution in [0.2, 0.25) is 0 Å². The fraction of sp³-hybridized carbons (Fsp3) is 0.889. The van der Waals surface area contributed by atoms with Gasteiger partial charge in [-0.25, -0.2) is 9.13 Å². The molecule has 0 radical (unpaired) electrons. The summed E-state index contributed by atoms with van der Waals surface area (Å²) in [7, 11) is 0. The second kappa shape index (κ2) is 22.3. The summed E-state index contributed by atoms with van der Waals surface area (Å²) in [6.45, 7) is 10.2. The molecule has 4 nitrogen and oxygen atoms in total. The van der Waals surface area contributed by atoms with Gasteiger partial charge in [0, 0.05) is 26.1 Å². The monoisotopic (exact) mass is 437 g/mol. The zero-order valence-corrected chi connectivity index (χ0v) is 21.0. The third kappa shape index (κ3) is 18.4. The van der Waals surface area contributed by atoms with Crippen LogP contribution in [0.5, 0.6) is 0 Å². The maximum Gasteiger partial charge on any atom is 0.243 e. The molecule has 0 N–H and O–H groups in total. The summed E-state index contributed by atoms with van der Waals surface area (Å²) in [6, 6.07) is 0. The van der Waals surface area contributed by atoms with Crippen molar-refractivity contribution in [2.24, 2.45) is 0 Å². The molecular formula is C27H53N2O2+. The number of hydrogen-bond acceptors (Lipinski definition) is 2. The van der Waals surface area contributed by atoms with E-state index in [1.807, 2.05) is 0 Å². The van der Waals surface area contributed by atoms with Gasteiger partial charge in [-0.3, -0.25) is 0 Å². The highest BCUT2D eigenvalue weighted by Gasteiger charge is 2.03. The molecule has 0 saturated heterocycles. The van der Waals surface area contributed by atoms with Crippen molar-refractivity contribution in [2.75, 3.05) is 26.4 Å². The van der Waals surface area contributed by atoms with Gasteiger partial charge in [0.1, 0.15) is 12.4 Å². The smallest absolute Gasteiger partial charge is 0.243 e. The average molecular weight is 438 g/mol. The van der Waals surface area contributed by atoms with E-state index in [-0.39, 0.29) is 0 Å². The molecular weight excluding hydrogens is 384 g/mol. The first-order chi connectivity index (χ1) is 15.4. The topological polar surface area (TPSA) is 27.3 Å².